The maximum Gasteiger partial charge on any atom is 0.295 e. The minimum absolute atomic E-state index is 0.292. The molecule has 1 unspecified atom stereocenters. The Kier molecular flexibility index (Phi) is 4.58. The van der Waals surface area contributed by atoms with Crippen LogP contribution in [0, 0.1) is 6.92 Å². The lowest BCUT2D eigenvalue weighted by Crippen LogP contribution is -2.23. The normalized spacial score (nSPS) is 15.1. The molecule has 0 aromatic heterocycles. The van der Waals surface area contributed by atoms with E-state index in [1.807, 2.05) is 79.7 Å². The van der Waals surface area contributed by atoms with Crippen LogP contribution in [-0.4, -0.2) is 12.3 Å². The van der Waals surface area contributed by atoms with Gasteiger partial charge in [-0.1, -0.05) is 29.8 Å². The molecule has 0 spiro atoms. The topological polar surface area (TPSA) is 59.9 Å². The molecule has 5 heteroatoms. The summed E-state index contributed by atoms with van der Waals surface area (Å²) in [6.45, 7) is 1.97. The van der Waals surface area contributed by atoms with Crippen LogP contribution < -0.4 is 10.1 Å². The number of benzene rings is 3. The van der Waals surface area contributed by atoms with Crippen molar-refractivity contribution in [3.8, 4) is 11.5 Å². The number of para-hydroxylation sites is 1. The van der Waals surface area contributed by atoms with Crippen LogP contribution in [0.25, 0.3) is 0 Å². The first-order chi connectivity index (χ1) is 13.2. The highest BCUT2D eigenvalue weighted by Crippen LogP contribution is 2.33. The van der Waals surface area contributed by atoms with Crippen molar-refractivity contribution in [1.29, 1.82) is 0 Å². The Bertz CT molecular complexity index is 982. The smallest absolute Gasteiger partial charge is 0.295 e. The number of rotatable bonds is 4. The van der Waals surface area contributed by atoms with Gasteiger partial charge in [-0.25, -0.2) is 0 Å². The average Bonchev–Trinajstić information content (AvgIpc) is 2.70. The molecule has 1 heterocycles. The van der Waals surface area contributed by atoms with Gasteiger partial charge in [-0.3, -0.25) is 4.79 Å². The van der Waals surface area contributed by atoms with Gasteiger partial charge < -0.3 is 14.8 Å². The summed E-state index contributed by atoms with van der Waals surface area (Å²) >= 11 is 0. The zero-order valence-electron chi connectivity index (χ0n) is 14.8. The molecular weight excluding hydrogens is 340 g/mol. The highest BCUT2D eigenvalue weighted by Gasteiger charge is 2.23. The van der Waals surface area contributed by atoms with E-state index < -0.39 is 6.10 Å². The Balaban J connectivity index is 1.50. The third-order valence-electron chi connectivity index (χ3n) is 4.16. The van der Waals surface area contributed by atoms with Crippen molar-refractivity contribution in [2.24, 2.45) is 4.99 Å². The van der Waals surface area contributed by atoms with E-state index in [1.165, 1.54) is 0 Å². The predicted molar refractivity (Wildman–Crippen MR) is 105 cm³/mol. The molecule has 3 aromatic rings. The van der Waals surface area contributed by atoms with Crippen molar-refractivity contribution in [3.63, 3.8) is 0 Å². The number of anilines is 1. The summed E-state index contributed by atoms with van der Waals surface area (Å²) < 4.78 is 11.5. The summed E-state index contributed by atoms with van der Waals surface area (Å²) in [5.41, 5.74) is 3.36. The molecule has 0 saturated heterocycles. The maximum absolute atomic E-state index is 11.4. The molecule has 0 saturated carbocycles. The van der Waals surface area contributed by atoms with E-state index in [9.17, 15) is 4.79 Å². The van der Waals surface area contributed by atoms with Gasteiger partial charge in [0.2, 0.25) is 0 Å². The fourth-order valence-electron chi connectivity index (χ4n) is 2.84. The van der Waals surface area contributed by atoms with Gasteiger partial charge in [0.25, 0.3) is 6.02 Å². The van der Waals surface area contributed by atoms with E-state index in [1.54, 1.807) is 0 Å². The number of ether oxygens (including phenoxy) is 2. The quantitative estimate of drug-likeness (QED) is 0.655. The molecule has 0 aliphatic carbocycles. The van der Waals surface area contributed by atoms with Crippen LogP contribution in [-0.2, 0) is 9.53 Å². The van der Waals surface area contributed by atoms with Gasteiger partial charge in [0.15, 0.2) is 12.4 Å². The van der Waals surface area contributed by atoms with Crippen LogP contribution in [0.2, 0.25) is 0 Å². The summed E-state index contributed by atoms with van der Waals surface area (Å²) in [5, 5.41) is 3.11. The van der Waals surface area contributed by atoms with E-state index in [4.69, 9.17) is 9.47 Å². The molecule has 0 bridgehead atoms. The number of nitrogens with zero attached hydrogens (tertiary/aromatic N) is 1. The SMILES string of the molecule is Cc1ccc2c(c1)C(C=O)OC(Nc1ccc(Oc3ccccc3)cc1)=N2. The van der Waals surface area contributed by atoms with Gasteiger partial charge >= 0.3 is 0 Å². The molecule has 0 fully saturated rings. The van der Waals surface area contributed by atoms with Gasteiger partial charge in [0.1, 0.15) is 11.5 Å². The number of carbonyl (C=O) groups excluding carboxylic acids is 1. The van der Waals surface area contributed by atoms with E-state index in [0.717, 1.165) is 40.3 Å². The van der Waals surface area contributed by atoms with Crippen LogP contribution in [0.3, 0.4) is 0 Å². The van der Waals surface area contributed by atoms with Crippen molar-refractivity contribution in [2.45, 2.75) is 13.0 Å². The van der Waals surface area contributed by atoms with Gasteiger partial charge in [-0.2, -0.15) is 4.99 Å². The third-order valence-corrected chi connectivity index (χ3v) is 4.16. The fourth-order valence-corrected chi connectivity index (χ4v) is 2.84. The zero-order chi connectivity index (χ0) is 18.6. The van der Waals surface area contributed by atoms with Crippen LogP contribution >= 0.6 is 0 Å². The number of aryl methyl sites for hydroxylation is 1. The molecule has 1 aliphatic heterocycles. The lowest BCUT2D eigenvalue weighted by atomic mass is 10.0. The summed E-state index contributed by atoms with van der Waals surface area (Å²) in [5.74, 6) is 1.50. The van der Waals surface area contributed by atoms with Crippen molar-refractivity contribution in [2.75, 3.05) is 5.32 Å². The number of hydrogen-bond acceptors (Lipinski definition) is 5. The molecule has 0 amide bonds. The standard InChI is InChI=1S/C22H18N2O3/c1-15-7-12-20-19(13-15)21(14-25)27-22(24-20)23-16-8-10-18(11-9-16)26-17-5-3-2-4-6-17/h2-14,21H,1H3,(H,23,24). The maximum atomic E-state index is 11.4. The largest absolute Gasteiger partial charge is 0.457 e. The Hall–Kier alpha value is -3.60. The predicted octanol–water partition coefficient (Wildman–Crippen LogP) is 5.16. The minimum atomic E-state index is -0.666. The molecule has 3 aromatic carbocycles. The van der Waals surface area contributed by atoms with E-state index in [2.05, 4.69) is 10.3 Å². The summed E-state index contributed by atoms with van der Waals surface area (Å²) in [6.07, 6.45) is 0.117. The lowest BCUT2D eigenvalue weighted by molar-refractivity contribution is -0.114. The number of amidine groups is 1. The number of aldehydes is 1. The van der Waals surface area contributed by atoms with Crippen molar-refractivity contribution in [1.82, 2.24) is 0 Å². The second kappa shape index (κ2) is 7.33. The van der Waals surface area contributed by atoms with Gasteiger partial charge in [0, 0.05) is 11.3 Å². The Morgan fingerprint density at radius 1 is 1.00 bits per heavy atom. The summed E-state index contributed by atoms with van der Waals surface area (Å²) in [6, 6.07) is 23.1. The highest BCUT2D eigenvalue weighted by atomic mass is 16.5. The second-order valence-corrected chi connectivity index (χ2v) is 6.22. The molecule has 1 aliphatic rings. The fraction of sp³-hybridized carbons (Fsp3) is 0.0909. The number of nitrogens with one attached hydrogen (secondary N) is 1. The molecule has 1 atom stereocenters. The van der Waals surface area contributed by atoms with Gasteiger partial charge in [0.05, 0.1) is 5.69 Å². The lowest BCUT2D eigenvalue weighted by Gasteiger charge is -2.23. The first-order valence-corrected chi connectivity index (χ1v) is 8.62. The average molecular weight is 358 g/mol. The van der Waals surface area contributed by atoms with Crippen molar-refractivity contribution < 1.29 is 14.3 Å². The molecule has 0 radical (unpaired) electrons. The molecule has 134 valence electrons. The molecule has 27 heavy (non-hydrogen) atoms. The van der Waals surface area contributed by atoms with Crippen LogP contribution in [0.4, 0.5) is 11.4 Å². The molecular formula is C22H18N2O3. The van der Waals surface area contributed by atoms with Crippen molar-refractivity contribution >= 4 is 23.7 Å². The Morgan fingerprint density at radius 3 is 2.48 bits per heavy atom. The minimum Gasteiger partial charge on any atom is -0.457 e. The third kappa shape index (κ3) is 3.82. The first kappa shape index (κ1) is 16.8. The van der Waals surface area contributed by atoms with Crippen LogP contribution in [0.5, 0.6) is 11.5 Å². The number of fused-ring (bicyclic) bond motifs is 1. The van der Waals surface area contributed by atoms with Crippen LogP contribution in [0.15, 0.2) is 77.8 Å². The van der Waals surface area contributed by atoms with Crippen molar-refractivity contribution in [3.05, 3.63) is 83.9 Å². The number of aliphatic imine (C=N–C) groups is 1. The molecule has 4 rings (SSSR count). The first-order valence-electron chi connectivity index (χ1n) is 8.62. The van der Waals surface area contributed by atoms with Crippen LogP contribution in [0.1, 0.15) is 17.2 Å². The Morgan fingerprint density at radius 2 is 1.74 bits per heavy atom. The highest BCUT2D eigenvalue weighted by molar-refractivity contribution is 5.94. The Labute approximate surface area is 157 Å². The van der Waals surface area contributed by atoms with E-state index >= 15 is 0 Å². The number of carbonyl (C=O) groups is 1. The van der Waals surface area contributed by atoms with Gasteiger partial charge in [-0.15, -0.1) is 0 Å². The van der Waals surface area contributed by atoms with Gasteiger partial charge in [-0.05, 0) is 55.5 Å². The van der Waals surface area contributed by atoms with E-state index in [0.29, 0.717) is 6.02 Å². The monoisotopic (exact) mass is 358 g/mol. The number of hydrogen-bond donors (Lipinski definition) is 1. The molecule has 5 nitrogen and oxygen atoms in total. The zero-order valence-corrected chi connectivity index (χ0v) is 14.8. The summed E-state index contributed by atoms with van der Waals surface area (Å²) in [4.78, 5) is 15.9. The summed E-state index contributed by atoms with van der Waals surface area (Å²) in [7, 11) is 0. The van der Waals surface area contributed by atoms with E-state index in [-0.39, 0.29) is 0 Å². The second-order valence-electron chi connectivity index (χ2n) is 6.22. The molecule has 1 N–H and O–H groups in total.